The number of unbranched alkanes of at least 4 members (excludes halogenated alkanes) is 1. The lowest BCUT2D eigenvalue weighted by molar-refractivity contribution is 0.0926. The lowest BCUT2D eigenvalue weighted by Gasteiger charge is -2.02. The van der Waals surface area contributed by atoms with E-state index in [0.29, 0.717) is 18.8 Å². The van der Waals surface area contributed by atoms with E-state index in [2.05, 4.69) is 11.4 Å². The molecule has 4 nitrogen and oxygen atoms in total. The summed E-state index contributed by atoms with van der Waals surface area (Å²) in [6.07, 6.45) is 1.80. The Bertz CT molecular complexity index is 635. The molecule has 0 radical (unpaired) electrons. The highest BCUT2D eigenvalue weighted by Gasteiger charge is 2.19. The average Bonchev–Trinajstić information content (AvgIpc) is 2.78. The summed E-state index contributed by atoms with van der Waals surface area (Å²) in [6, 6.07) is 4.08. The van der Waals surface area contributed by atoms with E-state index in [1.807, 2.05) is 26.8 Å². The molecule has 0 atom stereocenters. The lowest BCUT2D eigenvalue weighted by Crippen LogP contribution is -2.25. The molecule has 1 aromatic carbocycles. The monoisotopic (exact) mass is 310 g/mol. The Morgan fingerprint density at radius 2 is 1.86 bits per heavy atom. The van der Waals surface area contributed by atoms with E-state index in [1.165, 1.54) is 0 Å². The largest absolute Gasteiger partial charge is 0.450 e. The fraction of sp³-hybridized carbons (Fsp3) is 0.438. The highest BCUT2D eigenvalue weighted by atomic mass is 35.5. The van der Waals surface area contributed by atoms with Crippen LogP contribution in [0.2, 0.25) is 0 Å². The molecule has 0 aliphatic heterocycles. The number of rotatable bonds is 5. The predicted octanol–water partition coefficient (Wildman–Crippen LogP) is 3.25. The summed E-state index contributed by atoms with van der Waals surface area (Å²) in [5.74, 6) is 0.277. The summed E-state index contributed by atoms with van der Waals surface area (Å²) in [4.78, 5) is 12.2. The molecule has 0 bridgehead atoms. The number of nitrogens with one attached hydrogen (secondary N) is 1. The number of aryl methyl sites for hydroxylation is 3. The van der Waals surface area contributed by atoms with Gasteiger partial charge in [-0.1, -0.05) is 12.1 Å². The minimum Gasteiger partial charge on any atom is -0.450 e. The molecule has 5 heteroatoms. The number of nitrogens with two attached hydrogens (primary N) is 1. The Balaban J connectivity index is 0.00000220. The van der Waals surface area contributed by atoms with Gasteiger partial charge in [-0.25, -0.2) is 0 Å². The maximum absolute atomic E-state index is 12.2. The molecule has 0 spiro atoms. The first-order valence-electron chi connectivity index (χ1n) is 7.03. The minimum absolute atomic E-state index is 0. The fourth-order valence-electron chi connectivity index (χ4n) is 2.44. The minimum atomic E-state index is -0.144. The average molecular weight is 311 g/mol. The summed E-state index contributed by atoms with van der Waals surface area (Å²) in [5, 5.41) is 3.94. The fourth-order valence-corrected chi connectivity index (χ4v) is 2.44. The van der Waals surface area contributed by atoms with Crippen LogP contribution < -0.4 is 11.1 Å². The molecule has 21 heavy (non-hydrogen) atoms. The molecule has 1 amide bonds. The van der Waals surface area contributed by atoms with Crippen molar-refractivity contribution in [3.8, 4) is 0 Å². The van der Waals surface area contributed by atoms with E-state index in [4.69, 9.17) is 10.2 Å². The van der Waals surface area contributed by atoms with Crippen molar-refractivity contribution >= 4 is 29.3 Å². The molecule has 3 N–H and O–H groups in total. The molecule has 1 heterocycles. The maximum Gasteiger partial charge on any atom is 0.287 e. The summed E-state index contributed by atoms with van der Waals surface area (Å²) < 4.78 is 5.79. The van der Waals surface area contributed by atoms with Gasteiger partial charge >= 0.3 is 0 Å². The molecule has 1 aromatic heterocycles. The van der Waals surface area contributed by atoms with Crippen molar-refractivity contribution in [3.63, 3.8) is 0 Å². The van der Waals surface area contributed by atoms with Gasteiger partial charge in [-0.05, 0) is 51.3 Å². The van der Waals surface area contributed by atoms with Gasteiger partial charge in [0.15, 0.2) is 5.76 Å². The van der Waals surface area contributed by atoms with Crippen molar-refractivity contribution in [2.75, 3.05) is 13.1 Å². The second-order valence-corrected chi connectivity index (χ2v) is 5.21. The lowest BCUT2D eigenvalue weighted by atomic mass is 10.0. The van der Waals surface area contributed by atoms with Crippen LogP contribution in [-0.2, 0) is 0 Å². The van der Waals surface area contributed by atoms with Crippen molar-refractivity contribution in [1.82, 2.24) is 5.32 Å². The van der Waals surface area contributed by atoms with Crippen LogP contribution in [-0.4, -0.2) is 19.0 Å². The molecule has 2 rings (SSSR count). The van der Waals surface area contributed by atoms with E-state index in [1.54, 1.807) is 0 Å². The van der Waals surface area contributed by atoms with Gasteiger partial charge in [0.05, 0.1) is 0 Å². The van der Waals surface area contributed by atoms with Gasteiger partial charge in [0.25, 0.3) is 5.91 Å². The third-order valence-corrected chi connectivity index (χ3v) is 3.61. The molecular formula is C16H23ClN2O2. The number of carbonyl (C=O) groups is 1. The number of benzene rings is 1. The maximum atomic E-state index is 12.2. The zero-order valence-electron chi connectivity index (χ0n) is 12.8. The standard InChI is InChI=1S/C16H22N2O2.ClH/c1-10-6-7-11(2)14-13(10)12(3)15(20-14)16(19)18-9-5-4-8-17;/h6-7H,4-5,8-9,17H2,1-3H3,(H,18,19);1H. The van der Waals surface area contributed by atoms with Gasteiger partial charge in [-0.15, -0.1) is 12.4 Å². The second-order valence-electron chi connectivity index (χ2n) is 5.21. The van der Waals surface area contributed by atoms with Crippen LogP contribution in [0.15, 0.2) is 16.5 Å². The smallest absolute Gasteiger partial charge is 0.287 e. The number of hydrogen-bond donors (Lipinski definition) is 2. The van der Waals surface area contributed by atoms with Crippen LogP contribution in [0, 0.1) is 20.8 Å². The molecule has 0 saturated heterocycles. The van der Waals surface area contributed by atoms with Crippen molar-refractivity contribution in [1.29, 1.82) is 0 Å². The third-order valence-electron chi connectivity index (χ3n) is 3.61. The van der Waals surface area contributed by atoms with E-state index < -0.39 is 0 Å². The van der Waals surface area contributed by atoms with Gasteiger partial charge in [-0.3, -0.25) is 4.79 Å². The number of carbonyl (C=O) groups excluding carboxylic acids is 1. The number of hydrogen-bond acceptors (Lipinski definition) is 3. The zero-order chi connectivity index (χ0) is 14.7. The molecule has 0 aliphatic rings. The van der Waals surface area contributed by atoms with Crippen LogP contribution in [0.5, 0.6) is 0 Å². The van der Waals surface area contributed by atoms with Gasteiger partial charge in [-0.2, -0.15) is 0 Å². The van der Waals surface area contributed by atoms with E-state index >= 15 is 0 Å². The van der Waals surface area contributed by atoms with Crippen LogP contribution in [0.25, 0.3) is 11.0 Å². The molecule has 0 unspecified atom stereocenters. The van der Waals surface area contributed by atoms with Crippen LogP contribution in [0.1, 0.15) is 40.1 Å². The summed E-state index contributed by atoms with van der Waals surface area (Å²) in [7, 11) is 0. The molecule has 116 valence electrons. The second kappa shape index (κ2) is 7.48. The SMILES string of the molecule is Cc1ccc(C)c2c(C)c(C(=O)NCCCCN)oc12.Cl. The highest BCUT2D eigenvalue weighted by Crippen LogP contribution is 2.30. The Morgan fingerprint density at radius 3 is 2.48 bits per heavy atom. The zero-order valence-corrected chi connectivity index (χ0v) is 13.6. The molecule has 0 fully saturated rings. The molecule has 0 aliphatic carbocycles. The van der Waals surface area contributed by atoms with Gasteiger partial charge in [0.1, 0.15) is 5.58 Å². The van der Waals surface area contributed by atoms with Crippen LogP contribution in [0.3, 0.4) is 0 Å². The van der Waals surface area contributed by atoms with Crippen molar-refractivity contribution < 1.29 is 9.21 Å². The number of amides is 1. The summed E-state index contributed by atoms with van der Waals surface area (Å²) in [6.45, 7) is 7.25. The molecular weight excluding hydrogens is 288 g/mol. The Hall–Kier alpha value is -1.52. The first-order valence-corrected chi connectivity index (χ1v) is 7.03. The van der Waals surface area contributed by atoms with Gasteiger partial charge < -0.3 is 15.5 Å². The van der Waals surface area contributed by atoms with Crippen LogP contribution >= 0.6 is 12.4 Å². The van der Waals surface area contributed by atoms with Crippen molar-refractivity contribution in [2.45, 2.75) is 33.6 Å². The van der Waals surface area contributed by atoms with Crippen molar-refractivity contribution in [2.24, 2.45) is 5.73 Å². The molecule has 0 saturated carbocycles. The van der Waals surface area contributed by atoms with E-state index in [0.717, 1.165) is 40.5 Å². The van der Waals surface area contributed by atoms with E-state index in [-0.39, 0.29) is 18.3 Å². The van der Waals surface area contributed by atoms with Gasteiger partial charge in [0, 0.05) is 17.5 Å². The normalized spacial score (nSPS) is 10.5. The first-order chi connectivity index (χ1) is 9.56. The topological polar surface area (TPSA) is 68.3 Å². The van der Waals surface area contributed by atoms with Crippen molar-refractivity contribution in [3.05, 3.63) is 34.6 Å². The Kier molecular flexibility index (Phi) is 6.24. The third kappa shape index (κ3) is 3.57. The first kappa shape index (κ1) is 17.5. The summed E-state index contributed by atoms with van der Waals surface area (Å²) in [5.41, 5.74) is 9.35. The van der Waals surface area contributed by atoms with Gasteiger partial charge in [0.2, 0.25) is 0 Å². The highest BCUT2D eigenvalue weighted by molar-refractivity contribution is 6.00. The predicted molar refractivity (Wildman–Crippen MR) is 88.3 cm³/mol. The Morgan fingerprint density at radius 1 is 1.19 bits per heavy atom. The quantitative estimate of drug-likeness (QED) is 0.833. The Labute approximate surface area is 131 Å². The molecule has 2 aromatic rings. The van der Waals surface area contributed by atoms with Crippen LogP contribution in [0.4, 0.5) is 0 Å². The number of halogens is 1. The number of fused-ring (bicyclic) bond motifs is 1. The van der Waals surface area contributed by atoms with E-state index in [9.17, 15) is 4.79 Å². The number of furan rings is 1. The summed E-state index contributed by atoms with van der Waals surface area (Å²) >= 11 is 0.